The van der Waals surface area contributed by atoms with E-state index in [0.29, 0.717) is 12.1 Å². The first kappa shape index (κ1) is 13.2. The summed E-state index contributed by atoms with van der Waals surface area (Å²) in [5.41, 5.74) is 1.29. The second-order valence-electron chi connectivity index (χ2n) is 4.20. The number of benzene rings is 1. The lowest BCUT2D eigenvalue weighted by Gasteiger charge is -2.05. The van der Waals surface area contributed by atoms with E-state index in [2.05, 4.69) is 15.6 Å². The van der Waals surface area contributed by atoms with E-state index < -0.39 is 5.97 Å². The predicted molar refractivity (Wildman–Crippen MR) is 69.7 cm³/mol. The summed E-state index contributed by atoms with van der Waals surface area (Å²) in [5, 5.41) is 19.8. The molecule has 0 amide bonds. The van der Waals surface area contributed by atoms with Crippen LogP contribution in [0, 0.1) is 0 Å². The van der Waals surface area contributed by atoms with Crippen molar-refractivity contribution in [3.8, 4) is 0 Å². The Morgan fingerprint density at radius 3 is 3.05 bits per heavy atom. The predicted octanol–water partition coefficient (Wildman–Crippen LogP) is 1.16. The van der Waals surface area contributed by atoms with Gasteiger partial charge in [0.15, 0.2) is 0 Å². The normalized spacial score (nSPS) is 10.5. The minimum Gasteiger partial charge on any atom is -0.478 e. The highest BCUT2D eigenvalue weighted by atomic mass is 16.4. The number of nitrogens with one attached hydrogen (secondary N) is 1. The molecule has 0 saturated heterocycles. The van der Waals surface area contributed by atoms with E-state index in [-0.39, 0.29) is 0 Å². The first-order valence-electron chi connectivity index (χ1n) is 6.13. The average molecular weight is 260 g/mol. The molecule has 6 heteroatoms. The quantitative estimate of drug-likeness (QED) is 0.730. The van der Waals surface area contributed by atoms with Gasteiger partial charge in [0.2, 0.25) is 0 Å². The van der Waals surface area contributed by atoms with Crippen molar-refractivity contribution in [2.24, 2.45) is 0 Å². The van der Waals surface area contributed by atoms with Crippen LogP contribution >= 0.6 is 0 Å². The van der Waals surface area contributed by atoms with Gasteiger partial charge in [0.05, 0.1) is 11.8 Å². The van der Waals surface area contributed by atoms with Gasteiger partial charge in [0, 0.05) is 19.3 Å². The van der Waals surface area contributed by atoms with Crippen molar-refractivity contribution >= 4 is 5.97 Å². The number of hydrogen-bond acceptors (Lipinski definition) is 4. The third-order valence-electron chi connectivity index (χ3n) is 2.72. The van der Waals surface area contributed by atoms with E-state index in [1.54, 1.807) is 29.1 Å². The van der Waals surface area contributed by atoms with Crippen LogP contribution in [0.1, 0.15) is 22.3 Å². The third-order valence-corrected chi connectivity index (χ3v) is 2.72. The first-order chi connectivity index (χ1) is 9.25. The fourth-order valence-electron chi connectivity index (χ4n) is 1.77. The maximum Gasteiger partial charge on any atom is 0.335 e. The van der Waals surface area contributed by atoms with Crippen LogP contribution in [0.3, 0.4) is 0 Å². The van der Waals surface area contributed by atoms with Crippen LogP contribution in [0.15, 0.2) is 36.7 Å². The minimum atomic E-state index is -0.895. The van der Waals surface area contributed by atoms with Crippen molar-refractivity contribution in [2.45, 2.75) is 19.5 Å². The highest BCUT2D eigenvalue weighted by molar-refractivity contribution is 5.87. The van der Waals surface area contributed by atoms with Crippen molar-refractivity contribution in [1.29, 1.82) is 0 Å². The summed E-state index contributed by atoms with van der Waals surface area (Å²) in [4.78, 5) is 10.8. The topological polar surface area (TPSA) is 80.0 Å². The van der Waals surface area contributed by atoms with Gasteiger partial charge >= 0.3 is 5.97 Å². The molecule has 0 radical (unpaired) electrons. The van der Waals surface area contributed by atoms with Crippen LogP contribution in [0.5, 0.6) is 0 Å². The van der Waals surface area contributed by atoms with E-state index in [0.717, 1.165) is 25.1 Å². The SMILES string of the molecule is O=C(O)c1cccc(CNCCCn2ccnn2)c1. The number of rotatable bonds is 7. The van der Waals surface area contributed by atoms with Crippen LogP contribution in [0.4, 0.5) is 0 Å². The number of nitrogens with zero attached hydrogens (tertiary/aromatic N) is 3. The van der Waals surface area contributed by atoms with Gasteiger partial charge < -0.3 is 10.4 Å². The van der Waals surface area contributed by atoms with Crippen molar-refractivity contribution in [3.63, 3.8) is 0 Å². The standard InChI is InChI=1S/C13H16N4O2/c18-13(19)12-4-1-3-11(9-12)10-14-5-2-7-17-8-6-15-16-17/h1,3-4,6,8-9,14H,2,5,7,10H2,(H,18,19). The third kappa shape index (κ3) is 4.18. The summed E-state index contributed by atoms with van der Waals surface area (Å²) in [6.07, 6.45) is 4.43. The molecule has 0 aliphatic carbocycles. The lowest BCUT2D eigenvalue weighted by molar-refractivity contribution is 0.0696. The Hall–Kier alpha value is -2.21. The average Bonchev–Trinajstić information content (AvgIpc) is 2.92. The van der Waals surface area contributed by atoms with Crippen LogP contribution in [-0.4, -0.2) is 32.6 Å². The molecule has 1 aromatic carbocycles. The van der Waals surface area contributed by atoms with Crippen LogP contribution in [-0.2, 0) is 13.1 Å². The van der Waals surface area contributed by atoms with Gasteiger partial charge in [-0.15, -0.1) is 5.10 Å². The van der Waals surface area contributed by atoms with Crippen LogP contribution < -0.4 is 5.32 Å². The molecule has 1 heterocycles. The zero-order valence-corrected chi connectivity index (χ0v) is 10.5. The fourth-order valence-corrected chi connectivity index (χ4v) is 1.77. The highest BCUT2D eigenvalue weighted by Gasteiger charge is 2.02. The number of aromatic carboxylic acids is 1. The Morgan fingerprint density at radius 2 is 2.32 bits per heavy atom. The maximum atomic E-state index is 10.8. The van der Waals surface area contributed by atoms with Gasteiger partial charge in [-0.3, -0.25) is 4.68 Å². The smallest absolute Gasteiger partial charge is 0.335 e. The van der Waals surface area contributed by atoms with Crippen molar-refractivity contribution in [1.82, 2.24) is 20.3 Å². The summed E-state index contributed by atoms with van der Waals surface area (Å²) in [7, 11) is 0. The van der Waals surface area contributed by atoms with Crippen LogP contribution in [0.25, 0.3) is 0 Å². The van der Waals surface area contributed by atoms with Gasteiger partial charge in [-0.25, -0.2) is 4.79 Å². The van der Waals surface area contributed by atoms with Gasteiger partial charge in [0.25, 0.3) is 0 Å². The van der Waals surface area contributed by atoms with Crippen molar-refractivity contribution < 1.29 is 9.90 Å². The first-order valence-corrected chi connectivity index (χ1v) is 6.13. The number of carboxylic acids is 1. The molecule has 0 unspecified atom stereocenters. The summed E-state index contributed by atoms with van der Waals surface area (Å²) < 4.78 is 1.78. The fraction of sp³-hybridized carbons (Fsp3) is 0.308. The minimum absolute atomic E-state index is 0.321. The Kier molecular flexibility index (Phi) is 4.63. The zero-order valence-electron chi connectivity index (χ0n) is 10.5. The molecule has 0 aliphatic rings. The Bertz CT molecular complexity index is 525. The molecule has 19 heavy (non-hydrogen) atoms. The molecule has 1 aromatic heterocycles. The second-order valence-corrected chi connectivity index (χ2v) is 4.20. The monoisotopic (exact) mass is 260 g/mol. The molecule has 0 aliphatic heterocycles. The number of aromatic nitrogens is 3. The van der Waals surface area contributed by atoms with E-state index in [9.17, 15) is 4.79 Å². The molecule has 0 saturated carbocycles. The molecule has 0 spiro atoms. The Morgan fingerprint density at radius 1 is 1.42 bits per heavy atom. The summed E-state index contributed by atoms with van der Waals surface area (Å²) in [6, 6.07) is 6.95. The molecule has 2 N–H and O–H groups in total. The molecular weight excluding hydrogens is 244 g/mol. The highest BCUT2D eigenvalue weighted by Crippen LogP contribution is 2.05. The van der Waals surface area contributed by atoms with Crippen LogP contribution in [0.2, 0.25) is 0 Å². The lowest BCUT2D eigenvalue weighted by atomic mass is 10.1. The van der Waals surface area contributed by atoms with Gasteiger partial charge in [-0.1, -0.05) is 17.3 Å². The van der Waals surface area contributed by atoms with E-state index >= 15 is 0 Å². The summed E-state index contributed by atoms with van der Waals surface area (Å²) in [5.74, 6) is -0.895. The number of carbonyl (C=O) groups is 1. The summed E-state index contributed by atoms with van der Waals surface area (Å²) in [6.45, 7) is 2.33. The Balaban J connectivity index is 1.70. The van der Waals surface area contributed by atoms with Gasteiger partial charge in [-0.05, 0) is 30.7 Å². The maximum absolute atomic E-state index is 10.8. The summed E-state index contributed by atoms with van der Waals surface area (Å²) >= 11 is 0. The molecule has 2 rings (SSSR count). The van der Waals surface area contributed by atoms with Crippen molar-refractivity contribution in [2.75, 3.05) is 6.54 Å². The van der Waals surface area contributed by atoms with Gasteiger partial charge in [-0.2, -0.15) is 0 Å². The molecular formula is C13H16N4O2. The second kappa shape index (κ2) is 6.65. The number of hydrogen-bond donors (Lipinski definition) is 2. The Labute approximate surface area is 111 Å². The molecule has 0 fully saturated rings. The molecule has 0 atom stereocenters. The lowest BCUT2D eigenvalue weighted by Crippen LogP contribution is -2.17. The molecule has 6 nitrogen and oxygen atoms in total. The van der Waals surface area contributed by atoms with E-state index in [1.807, 2.05) is 12.3 Å². The zero-order chi connectivity index (χ0) is 13.5. The van der Waals surface area contributed by atoms with E-state index in [1.165, 1.54) is 0 Å². The van der Waals surface area contributed by atoms with E-state index in [4.69, 9.17) is 5.11 Å². The van der Waals surface area contributed by atoms with Gasteiger partial charge in [0.1, 0.15) is 0 Å². The molecule has 2 aromatic rings. The van der Waals surface area contributed by atoms with Crippen molar-refractivity contribution in [3.05, 3.63) is 47.8 Å². The number of aryl methyl sites for hydroxylation is 1. The molecule has 0 bridgehead atoms. The number of carboxylic acid groups (broad SMARTS) is 1. The largest absolute Gasteiger partial charge is 0.478 e. The molecule has 100 valence electrons.